The number of halogens is 1. The summed E-state index contributed by atoms with van der Waals surface area (Å²) in [6, 6.07) is 5.56. The zero-order valence-corrected chi connectivity index (χ0v) is 11.9. The van der Waals surface area contributed by atoms with Gasteiger partial charge in [0.25, 0.3) is 0 Å². The van der Waals surface area contributed by atoms with Crippen LogP contribution in [0.2, 0.25) is 5.02 Å². The molecule has 1 N–H and O–H groups in total. The van der Waals surface area contributed by atoms with Gasteiger partial charge in [-0.15, -0.1) is 13.2 Å². The van der Waals surface area contributed by atoms with Crippen molar-refractivity contribution in [1.29, 1.82) is 0 Å². The SMILES string of the molecule is C=CCN(CC=C)C(=O)CNc1cc(Cl)ccc1C. The minimum absolute atomic E-state index is 0.000763. The van der Waals surface area contributed by atoms with Crippen molar-refractivity contribution in [3.8, 4) is 0 Å². The van der Waals surface area contributed by atoms with Crippen molar-refractivity contribution in [2.24, 2.45) is 0 Å². The first-order valence-electron chi connectivity index (χ1n) is 6.08. The van der Waals surface area contributed by atoms with Crippen LogP contribution in [-0.4, -0.2) is 30.4 Å². The molecule has 1 amide bonds. The predicted octanol–water partition coefficient (Wildman–Crippen LogP) is 3.26. The molecule has 1 rings (SSSR count). The van der Waals surface area contributed by atoms with Gasteiger partial charge in [0.15, 0.2) is 0 Å². The second kappa shape index (κ2) is 7.64. The van der Waals surface area contributed by atoms with E-state index in [-0.39, 0.29) is 12.5 Å². The molecule has 0 aliphatic rings. The number of carbonyl (C=O) groups is 1. The van der Waals surface area contributed by atoms with Gasteiger partial charge in [0.05, 0.1) is 6.54 Å². The lowest BCUT2D eigenvalue weighted by Gasteiger charge is -2.20. The molecule has 0 aliphatic heterocycles. The van der Waals surface area contributed by atoms with Crippen LogP contribution in [0.25, 0.3) is 0 Å². The molecule has 0 aliphatic carbocycles. The lowest BCUT2D eigenvalue weighted by atomic mass is 10.2. The van der Waals surface area contributed by atoms with Crippen LogP contribution < -0.4 is 5.32 Å². The third-order valence-corrected chi connectivity index (χ3v) is 2.92. The molecule has 4 heteroatoms. The van der Waals surface area contributed by atoms with Crippen LogP contribution >= 0.6 is 11.6 Å². The molecule has 1 aromatic rings. The molecule has 0 bridgehead atoms. The quantitative estimate of drug-likeness (QED) is 0.777. The van der Waals surface area contributed by atoms with E-state index in [2.05, 4.69) is 18.5 Å². The van der Waals surface area contributed by atoms with Gasteiger partial charge < -0.3 is 10.2 Å². The largest absolute Gasteiger partial charge is 0.376 e. The van der Waals surface area contributed by atoms with Crippen molar-refractivity contribution in [2.75, 3.05) is 25.0 Å². The average Bonchev–Trinajstić information content (AvgIpc) is 2.39. The summed E-state index contributed by atoms with van der Waals surface area (Å²) in [5, 5.41) is 3.75. The molecule has 0 aromatic heterocycles. The number of carbonyl (C=O) groups excluding carboxylic acids is 1. The second-order valence-corrected chi connectivity index (χ2v) is 4.63. The third kappa shape index (κ3) is 4.79. The predicted molar refractivity (Wildman–Crippen MR) is 81.7 cm³/mol. The van der Waals surface area contributed by atoms with Gasteiger partial charge >= 0.3 is 0 Å². The van der Waals surface area contributed by atoms with Crippen LogP contribution in [0.15, 0.2) is 43.5 Å². The fourth-order valence-electron chi connectivity index (χ4n) is 1.66. The zero-order chi connectivity index (χ0) is 14.3. The molecule has 1 aromatic carbocycles. The number of amides is 1. The van der Waals surface area contributed by atoms with Crippen LogP contribution in [0.5, 0.6) is 0 Å². The summed E-state index contributed by atoms with van der Waals surface area (Å²) in [6.45, 7) is 10.5. The van der Waals surface area contributed by atoms with E-state index in [9.17, 15) is 4.79 Å². The summed E-state index contributed by atoms with van der Waals surface area (Å²) in [6.07, 6.45) is 3.40. The van der Waals surface area contributed by atoms with Crippen molar-refractivity contribution < 1.29 is 4.79 Å². The van der Waals surface area contributed by atoms with Gasteiger partial charge in [-0.05, 0) is 24.6 Å². The summed E-state index contributed by atoms with van der Waals surface area (Å²) >= 11 is 5.93. The van der Waals surface area contributed by atoms with Crippen LogP contribution in [-0.2, 0) is 4.79 Å². The number of nitrogens with zero attached hydrogens (tertiary/aromatic N) is 1. The molecular weight excluding hydrogens is 260 g/mol. The Labute approximate surface area is 119 Å². The molecule has 0 saturated heterocycles. The van der Waals surface area contributed by atoms with E-state index in [0.717, 1.165) is 11.3 Å². The number of aryl methyl sites for hydroxylation is 1. The lowest BCUT2D eigenvalue weighted by molar-refractivity contribution is -0.128. The summed E-state index contributed by atoms with van der Waals surface area (Å²) < 4.78 is 0. The van der Waals surface area contributed by atoms with Crippen molar-refractivity contribution >= 4 is 23.2 Å². The molecule has 0 heterocycles. The van der Waals surface area contributed by atoms with Gasteiger partial charge in [-0.25, -0.2) is 0 Å². The molecule has 0 radical (unpaired) electrons. The monoisotopic (exact) mass is 278 g/mol. The number of anilines is 1. The van der Waals surface area contributed by atoms with Gasteiger partial charge in [-0.1, -0.05) is 29.8 Å². The fourth-order valence-corrected chi connectivity index (χ4v) is 1.83. The minimum Gasteiger partial charge on any atom is -0.376 e. The highest BCUT2D eigenvalue weighted by molar-refractivity contribution is 6.30. The first-order chi connectivity index (χ1) is 9.08. The highest BCUT2D eigenvalue weighted by Gasteiger charge is 2.10. The number of nitrogens with one attached hydrogen (secondary N) is 1. The fraction of sp³-hybridized carbons (Fsp3) is 0.267. The Bertz CT molecular complexity index is 461. The normalized spacial score (nSPS) is 9.79. The summed E-state index contributed by atoms with van der Waals surface area (Å²) in [7, 11) is 0. The maximum Gasteiger partial charge on any atom is 0.242 e. The molecule has 0 spiro atoms. The smallest absolute Gasteiger partial charge is 0.242 e. The molecule has 102 valence electrons. The molecule has 0 unspecified atom stereocenters. The number of benzene rings is 1. The lowest BCUT2D eigenvalue weighted by Crippen LogP contribution is -2.35. The van der Waals surface area contributed by atoms with Crippen molar-refractivity contribution in [3.05, 3.63) is 54.1 Å². The van der Waals surface area contributed by atoms with E-state index in [1.165, 1.54) is 0 Å². The van der Waals surface area contributed by atoms with Crippen molar-refractivity contribution in [1.82, 2.24) is 4.90 Å². The van der Waals surface area contributed by atoms with Crippen LogP contribution in [0.1, 0.15) is 5.56 Å². The van der Waals surface area contributed by atoms with Gasteiger partial charge in [0.2, 0.25) is 5.91 Å². The van der Waals surface area contributed by atoms with E-state index < -0.39 is 0 Å². The average molecular weight is 279 g/mol. The van der Waals surface area contributed by atoms with Gasteiger partial charge in [0, 0.05) is 23.8 Å². The van der Waals surface area contributed by atoms with E-state index in [0.29, 0.717) is 18.1 Å². The topological polar surface area (TPSA) is 32.3 Å². The van der Waals surface area contributed by atoms with E-state index >= 15 is 0 Å². The third-order valence-electron chi connectivity index (χ3n) is 2.68. The Morgan fingerprint density at radius 3 is 2.58 bits per heavy atom. The van der Waals surface area contributed by atoms with Crippen molar-refractivity contribution in [3.63, 3.8) is 0 Å². The molecule has 0 saturated carbocycles. The van der Waals surface area contributed by atoms with Crippen molar-refractivity contribution in [2.45, 2.75) is 6.92 Å². The van der Waals surface area contributed by atoms with Gasteiger partial charge in [0.1, 0.15) is 0 Å². The summed E-state index contributed by atoms with van der Waals surface area (Å²) in [4.78, 5) is 13.7. The molecule has 3 nitrogen and oxygen atoms in total. The second-order valence-electron chi connectivity index (χ2n) is 4.19. The van der Waals surface area contributed by atoms with E-state index in [1.54, 1.807) is 17.1 Å². The summed E-state index contributed by atoms with van der Waals surface area (Å²) in [5.74, 6) is -0.000763. The highest BCUT2D eigenvalue weighted by atomic mass is 35.5. The number of hydrogen-bond acceptors (Lipinski definition) is 2. The van der Waals surface area contributed by atoms with E-state index in [1.807, 2.05) is 25.1 Å². The molecule has 0 fully saturated rings. The first-order valence-corrected chi connectivity index (χ1v) is 6.46. The maximum absolute atomic E-state index is 12.0. The minimum atomic E-state index is -0.000763. The Kier molecular flexibility index (Phi) is 6.16. The Balaban J connectivity index is 2.63. The van der Waals surface area contributed by atoms with Crippen LogP contribution in [0, 0.1) is 6.92 Å². The number of hydrogen-bond donors (Lipinski definition) is 1. The Morgan fingerprint density at radius 1 is 1.37 bits per heavy atom. The maximum atomic E-state index is 12.0. The Hall–Kier alpha value is -1.74. The number of rotatable bonds is 7. The molecular formula is C15H19ClN2O. The standard InChI is InChI=1S/C15H19ClN2O/c1-4-8-18(9-5-2)15(19)11-17-14-10-13(16)7-6-12(14)3/h4-7,10,17H,1-2,8-9,11H2,3H3. The zero-order valence-electron chi connectivity index (χ0n) is 11.2. The van der Waals surface area contributed by atoms with E-state index in [4.69, 9.17) is 11.6 Å². The van der Waals surface area contributed by atoms with Crippen LogP contribution in [0.4, 0.5) is 5.69 Å². The molecule has 19 heavy (non-hydrogen) atoms. The Morgan fingerprint density at radius 2 is 2.00 bits per heavy atom. The van der Waals surface area contributed by atoms with Crippen LogP contribution in [0.3, 0.4) is 0 Å². The van der Waals surface area contributed by atoms with Gasteiger partial charge in [-0.2, -0.15) is 0 Å². The summed E-state index contributed by atoms with van der Waals surface area (Å²) in [5.41, 5.74) is 1.93. The highest BCUT2D eigenvalue weighted by Crippen LogP contribution is 2.19. The molecule has 0 atom stereocenters. The first kappa shape index (κ1) is 15.3. The van der Waals surface area contributed by atoms with Gasteiger partial charge in [-0.3, -0.25) is 4.79 Å².